The van der Waals surface area contributed by atoms with Crippen molar-refractivity contribution in [1.82, 2.24) is 4.98 Å². The van der Waals surface area contributed by atoms with Crippen LogP contribution in [-0.4, -0.2) is 28.5 Å². The number of hydrogen-bond acceptors (Lipinski definition) is 4. The minimum Gasteiger partial charge on any atom is -0.477 e. The van der Waals surface area contributed by atoms with Gasteiger partial charge in [0, 0.05) is 30.5 Å². The fourth-order valence-electron chi connectivity index (χ4n) is 2.37. The number of aromatic nitrogens is 1. The Morgan fingerprint density at radius 3 is 3.05 bits per heavy atom. The molecule has 6 heteroatoms. The van der Waals surface area contributed by atoms with E-state index in [1.807, 2.05) is 0 Å². The van der Waals surface area contributed by atoms with E-state index < -0.39 is 5.97 Å². The van der Waals surface area contributed by atoms with Crippen LogP contribution in [0.5, 0.6) is 0 Å². The third-order valence-corrected chi connectivity index (χ3v) is 4.36. The van der Waals surface area contributed by atoms with Crippen LogP contribution in [0.25, 0.3) is 10.2 Å². The molecule has 5 nitrogen and oxygen atoms in total. The van der Waals surface area contributed by atoms with Gasteiger partial charge in [-0.1, -0.05) is 0 Å². The van der Waals surface area contributed by atoms with Crippen LogP contribution in [0.1, 0.15) is 16.1 Å². The van der Waals surface area contributed by atoms with E-state index in [1.165, 1.54) is 4.90 Å². The van der Waals surface area contributed by atoms with Crippen molar-refractivity contribution in [2.24, 2.45) is 5.92 Å². The Kier molecular flexibility index (Phi) is 2.92. The maximum atomic E-state index is 12.1. The lowest BCUT2D eigenvalue weighted by atomic mass is 10.1. The average molecular weight is 286 g/mol. The Labute approximate surface area is 118 Å². The van der Waals surface area contributed by atoms with Gasteiger partial charge in [-0.25, -0.2) is 9.78 Å². The number of carboxylic acid groups (broad SMARTS) is 1. The van der Waals surface area contributed by atoms with Gasteiger partial charge in [-0.3, -0.25) is 4.79 Å². The molecule has 20 heavy (non-hydrogen) atoms. The van der Waals surface area contributed by atoms with Gasteiger partial charge in [0.25, 0.3) is 0 Å². The van der Waals surface area contributed by atoms with Crippen molar-refractivity contribution in [3.05, 3.63) is 23.2 Å². The molecule has 1 unspecified atom stereocenters. The number of thiophene rings is 1. The van der Waals surface area contributed by atoms with Crippen LogP contribution in [0, 0.1) is 18.3 Å². The van der Waals surface area contributed by atoms with E-state index in [9.17, 15) is 14.7 Å². The zero-order valence-corrected chi connectivity index (χ0v) is 11.2. The van der Waals surface area contributed by atoms with Gasteiger partial charge in [0.1, 0.15) is 9.71 Å². The zero-order chi connectivity index (χ0) is 14.3. The van der Waals surface area contributed by atoms with Crippen molar-refractivity contribution in [3.63, 3.8) is 0 Å². The van der Waals surface area contributed by atoms with Crippen molar-refractivity contribution in [2.75, 3.05) is 11.4 Å². The third-order valence-electron chi connectivity index (χ3n) is 3.26. The number of rotatable bonds is 2. The quantitative estimate of drug-likeness (QED) is 0.857. The first-order valence-corrected chi connectivity index (χ1v) is 6.80. The lowest BCUT2D eigenvalue weighted by molar-refractivity contribution is -0.117. The Morgan fingerprint density at radius 1 is 1.60 bits per heavy atom. The molecular formula is C14H10N2O3S. The molecule has 1 atom stereocenters. The van der Waals surface area contributed by atoms with Crippen LogP contribution >= 0.6 is 11.3 Å². The van der Waals surface area contributed by atoms with Gasteiger partial charge in [0.05, 0.1) is 5.69 Å². The molecule has 2 aromatic rings. The smallest absolute Gasteiger partial charge is 0.348 e. The largest absolute Gasteiger partial charge is 0.477 e. The number of carbonyl (C=O) groups is 2. The molecule has 0 spiro atoms. The van der Waals surface area contributed by atoms with Gasteiger partial charge in [0.2, 0.25) is 5.91 Å². The van der Waals surface area contributed by atoms with Gasteiger partial charge >= 0.3 is 5.97 Å². The fraction of sp³-hybridized carbons (Fsp3) is 0.214. The zero-order valence-electron chi connectivity index (χ0n) is 10.4. The summed E-state index contributed by atoms with van der Waals surface area (Å²) in [5, 5.41) is 10.0. The minimum absolute atomic E-state index is 0.129. The number of terminal acetylenes is 1. The molecule has 1 fully saturated rings. The van der Waals surface area contributed by atoms with Crippen molar-refractivity contribution >= 4 is 39.1 Å². The summed E-state index contributed by atoms with van der Waals surface area (Å²) < 4.78 is 0. The maximum Gasteiger partial charge on any atom is 0.348 e. The number of pyridine rings is 1. The predicted molar refractivity (Wildman–Crippen MR) is 75.9 cm³/mol. The number of fused-ring (bicyclic) bond motifs is 1. The fourth-order valence-corrected chi connectivity index (χ4v) is 3.35. The first-order valence-electron chi connectivity index (χ1n) is 5.99. The Balaban J connectivity index is 2.20. The highest BCUT2D eigenvalue weighted by Crippen LogP contribution is 2.39. The maximum absolute atomic E-state index is 12.1. The molecule has 0 saturated carbocycles. The monoisotopic (exact) mass is 286 g/mol. The number of anilines is 1. The summed E-state index contributed by atoms with van der Waals surface area (Å²) >= 11 is 1.07. The highest BCUT2D eigenvalue weighted by molar-refractivity contribution is 7.21. The number of aromatic carboxylic acids is 1. The van der Waals surface area contributed by atoms with Crippen LogP contribution in [0.3, 0.4) is 0 Å². The standard InChI is InChI=1S/C14H10N2O3S/c1-2-8-6-10(17)16(7-8)11-9-4-3-5-15-13(9)20-12(11)14(18)19/h1,3-5,8H,6-7H2,(H,18,19). The Bertz CT molecular complexity index is 759. The predicted octanol–water partition coefficient (Wildman–Crippen LogP) is 1.98. The summed E-state index contributed by atoms with van der Waals surface area (Å²) in [6.45, 7) is 0.357. The van der Waals surface area contributed by atoms with E-state index in [1.54, 1.807) is 18.3 Å². The Morgan fingerprint density at radius 2 is 2.40 bits per heavy atom. The number of carboxylic acids is 1. The molecule has 2 aromatic heterocycles. The highest BCUT2D eigenvalue weighted by atomic mass is 32.1. The second-order valence-corrected chi connectivity index (χ2v) is 5.51. The van der Waals surface area contributed by atoms with Gasteiger partial charge in [-0.2, -0.15) is 0 Å². The van der Waals surface area contributed by atoms with Crippen LogP contribution in [0.4, 0.5) is 5.69 Å². The lowest BCUT2D eigenvalue weighted by Crippen LogP contribution is -2.25. The molecule has 100 valence electrons. The molecule has 0 aromatic carbocycles. The average Bonchev–Trinajstić information content (AvgIpc) is 2.98. The van der Waals surface area contributed by atoms with Crippen molar-refractivity contribution in [2.45, 2.75) is 6.42 Å². The van der Waals surface area contributed by atoms with Crippen molar-refractivity contribution in [3.8, 4) is 12.3 Å². The topological polar surface area (TPSA) is 70.5 Å². The molecule has 3 rings (SSSR count). The summed E-state index contributed by atoms with van der Waals surface area (Å²) in [5.41, 5.74) is 0.424. The number of nitrogens with zero attached hydrogens (tertiary/aromatic N) is 2. The SMILES string of the molecule is C#CC1CC(=O)N(c2c(C(=O)O)sc3ncccc23)C1. The van der Waals surface area contributed by atoms with Crippen LogP contribution in [-0.2, 0) is 4.79 Å². The second kappa shape index (κ2) is 4.62. The lowest BCUT2D eigenvalue weighted by Gasteiger charge is -2.16. The van der Waals surface area contributed by atoms with Crippen molar-refractivity contribution < 1.29 is 14.7 Å². The van der Waals surface area contributed by atoms with Gasteiger partial charge < -0.3 is 10.0 Å². The van der Waals surface area contributed by atoms with Gasteiger partial charge in [-0.15, -0.1) is 23.7 Å². The van der Waals surface area contributed by atoms with E-state index in [-0.39, 0.29) is 23.1 Å². The van der Waals surface area contributed by atoms with E-state index in [4.69, 9.17) is 6.42 Å². The summed E-state index contributed by atoms with van der Waals surface area (Å²) in [6.07, 6.45) is 7.23. The minimum atomic E-state index is -1.06. The molecule has 0 aliphatic carbocycles. The molecular weight excluding hydrogens is 276 g/mol. The first kappa shape index (κ1) is 12.6. The molecule has 1 aliphatic heterocycles. The number of hydrogen-bond donors (Lipinski definition) is 1. The molecule has 0 radical (unpaired) electrons. The summed E-state index contributed by atoms with van der Waals surface area (Å²) in [5.74, 6) is 1.19. The summed E-state index contributed by atoms with van der Waals surface area (Å²) in [4.78, 5) is 29.9. The van der Waals surface area contributed by atoms with E-state index in [0.29, 0.717) is 22.4 Å². The van der Waals surface area contributed by atoms with Crippen LogP contribution in [0.2, 0.25) is 0 Å². The number of carbonyl (C=O) groups excluding carboxylic acids is 1. The van der Waals surface area contributed by atoms with Gasteiger partial charge in [-0.05, 0) is 12.1 Å². The highest BCUT2D eigenvalue weighted by Gasteiger charge is 2.34. The van der Waals surface area contributed by atoms with Gasteiger partial charge in [0.15, 0.2) is 0 Å². The molecule has 0 bridgehead atoms. The van der Waals surface area contributed by atoms with Crippen molar-refractivity contribution in [1.29, 1.82) is 0 Å². The normalized spacial score (nSPS) is 18.4. The molecule has 1 saturated heterocycles. The Hall–Kier alpha value is -2.39. The first-order chi connectivity index (χ1) is 9.61. The van der Waals surface area contributed by atoms with Crippen LogP contribution < -0.4 is 4.90 Å². The summed E-state index contributed by atoms with van der Waals surface area (Å²) in [6, 6.07) is 3.50. The molecule has 1 aliphatic rings. The van der Waals surface area contributed by atoms with Crippen LogP contribution in [0.15, 0.2) is 18.3 Å². The molecule has 1 amide bonds. The number of amides is 1. The second-order valence-electron chi connectivity index (χ2n) is 4.51. The van der Waals surface area contributed by atoms with E-state index in [2.05, 4.69) is 10.9 Å². The third kappa shape index (κ3) is 1.84. The van der Waals surface area contributed by atoms with E-state index in [0.717, 1.165) is 11.3 Å². The molecule has 3 heterocycles. The summed E-state index contributed by atoms with van der Waals surface area (Å²) in [7, 11) is 0. The van der Waals surface area contributed by atoms with E-state index >= 15 is 0 Å². The molecule has 1 N–H and O–H groups in total.